The first-order chi connectivity index (χ1) is 11.6. The molecule has 0 aromatic heterocycles. The topological polar surface area (TPSA) is 70.7 Å². The maximum absolute atomic E-state index is 11.9. The van der Waals surface area contributed by atoms with E-state index in [0.29, 0.717) is 24.5 Å². The van der Waals surface area contributed by atoms with Crippen molar-refractivity contribution in [1.29, 1.82) is 0 Å². The summed E-state index contributed by atoms with van der Waals surface area (Å²) >= 11 is 3.34. The molecule has 0 bridgehead atoms. The fourth-order valence-corrected chi connectivity index (χ4v) is 2.58. The van der Waals surface area contributed by atoms with E-state index in [9.17, 15) is 9.59 Å². The third-order valence-electron chi connectivity index (χ3n) is 3.50. The quantitative estimate of drug-likeness (QED) is 0.825. The maximum atomic E-state index is 11.9. The first-order valence-electron chi connectivity index (χ1n) is 7.45. The van der Waals surface area contributed by atoms with Gasteiger partial charge in [0, 0.05) is 28.9 Å². The molecule has 2 aromatic rings. The maximum Gasteiger partial charge on any atom is 0.321 e. The predicted octanol–water partition coefficient (Wildman–Crippen LogP) is 3.00. The summed E-state index contributed by atoms with van der Waals surface area (Å²) in [5.74, 6) is 0.383. The first kappa shape index (κ1) is 16.3. The molecule has 1 saturated heterocycles. The van der Waals surface area contributed by atoms with Crippen LogP contribution < -0.4 is 20.3 Å². The molecule has 0 aliphatic carbocycles. The van der Waals surface area contributed by atoms with E-state index in [1.807, 2.05) is 12.1 Å². The van der Waals surface area contributed by atoms with Crippen LogP contribution in [-0.2, 0) is 4.79 Å². The average molecular weight is 390 g/mol. The van der Waals surface area contributed by atoms with Crippen molar-refractivity contribution in [2.75, 3.05) is 29.9 Å². The Labute approximate surface area is 147 Å². The number of anilines is 2. The van der Waals surface area contributed by atoms with Gasteiger partial charge in [0.2, 0.25) is 0 Å². The zero-order valence-electron chi connectivity index (χ0n) is 12.8. The Hall–Kier alpha value is -2.54. The van der Waals surface area contributed by atoms with E-state index < -0.39 is 0 Å². The third-order valence-corrected chi connectivity index (χ3v) is 4.03. The smallest absolute Gasteiger partial charge is 0.321 e. The Bertz CT molecular complexity index is 732. The molecule has 0 unspecified atom stereocenters. The van der Waals surface area contributed by atoms with Crippen LogP contribution in [0.25, 0.3) is 0 Å². The van der Waals surface area contributed by atoms with Crippen molar-refractivity contribution in [2.24, 2.45) is 0 Å². The summed E-state index contributed by atoms with van der Waals surface area (Å²) in [7, 11) is 0. The monoisotopic (exact) mass is 389 g/mol. The molecular weight excluding hydrogens is 374 g/mol. The number of hydrogen-bond donors (Lipinski definition) is 2. The second kappa shape index (κ2) is 7.35. The Morgan fingerprint density at radius 1 is 1.17 bits per heavy atom. The SMILES string of the molecule is O=C(COc1ccc(Br)cc1)Nc1ccc(N2CCNC2=O)cc1. The number of nitrogens with zero attached hydrogens (tertiary/aromatic N) is 1. The van der Waals surface area contributed by atoms with Crippen molar-refractivity contribution < 1.29 is 14.3 Å². The molecule has 1 fully saturated rings. The molecule has 0 spiro atoms. The van der Waals surface area contributed by atoms with Gasteiger partial charge in [0.25, 0.3) is 5.91 Å². The van der Waals surface area contributed by atoms with Crippen LogP contribution in [0.5, 0.6) is 5.75 Å². The number of urea groups is 1. The van der Waals surface area contributed by atoms with Crippen LogP contribution >= 0.6 is 15.9 Å². The summed E-state index contributed by atoms with van der Waals surface area (Å²) in [4.78, 5) is 25.2. The van der Waals surface area contributed by atoms with E-state index in [1.165, 1.54) is 0 Å². The average Bonchev–Trinajstić information content (AvgIpc) is 3.01. The van der Waals surface area contributed by atoms with Gasteiger partial charge in [-0.05, 0) is 48.5 Å². The lowest BCUT2D eigenvalue weighted by Crippen LogP contribution is -2.27. The van der Waals surface area contributed by atoms with Gasteiger partial charge in [0.1, 0.15) is 5.75 Å². The van der Waals surface area contributed by atoms with Crippen molar-refractivity contribution in [3.05, 3.63) is 53.0 Å². The minimum absolute atomic E-state index is 0.0715. The Kier molecular flexibility index (Phi) is 5.00. The fraction of sp³-hybridized carbons (Fsp3) is 0.176. The van der Waals surface area contributed by atoms with Gasteiger partial charge >= 0.3 is 6.03 Å². The lowest BCUT2D eigenvalue weighted by Gasteiger charge is -2.14. The van der Waals surface area contributed by atoms with E-state index in [0.717, 1.165) is 10.2 Å². The number of hydrogen-bond acceptors (Lipinski definition) is 3. The van der Waals surface area contributed by atoms with Gasteiger partial charge in [0.15, 0.2) is 6.61 Å². The molecule has 6 nitrogen and oxygen atoms in total. The molecule has 124 valence electrons. The zero-order valence-corrected chi connectivity index (χ0v) is 14.4. The van der Waals surface area contributed by atoms with Crippen LogP contribution in [0, 0.1) is 0 Å². The number of benzene rings is 2. The predicted molar refractivity (Wildman–Crippen MR) is 95.5 cm³/mol. The van der Waals surface area contributed by atoms with Crippen molar-refractivity contribution in [2.45, 2.75) is 0 Å². The highest BCUT2D eigenvalue weighted by Crippen LogP contribution is 2.20. The minimum Gasteiger partial charge on any atom is -0.484 e. The fourth-order valence-electron chi connectivity index (χ4n) is 2.32. The molecule has 24 heavy (non-hydrogen) atoms. The van der Waals surface area contributed by atoms with Crippen molar-refractivity contribution >= 4 is 39.2 Å². The summed E-state index contributed by atoms with van der Waals surface area (Å²) in [5, 5.41) is 5.51. The Balaban J connectivity index is 1.52. The number of rotatable bonds is 5. The molecule has 1 heterocycles. The van der Waals surface area contributed by atoms with E-state index >= 15 is 0 Å². The third kappa shape index (κ3) is 4.05. The molecular formula is C17H16BrN3O3. The summed E-state index contributed by atoms with van der Waals surface area (Å²) in [6, 6.07) is 14.3. The molecule has 3 amide bonds. The summed E-state index contributed by atoms with van der Waals surface area (Å²) < 4.78 is 6.37. The number of ether oxygens (including phenoxy) is 1. The molecule has 0 atom stereocenters. The van der Waals surface area contributed by atoms with E-state index in [2.05, 4.69) is 26.6 Å². The molecule has 2 N–H and O–H groups in total. The normalized spacial score (nSPS) is 13.5. The van der Waals surface area contributed by atoms with Gasteiger partial charge in [-0.1, -0.05) is 15.9 Å². The molecule has 2 aromatic carbocycles. The van der Waals surface area contributed by atoms with Crippen LogP contribution in [0.4, 0.5) is 16.2 Å². The largest absolute Gasteiger partial charge is 0.484 e. The van der Waals surface area contributed by atoms with Crippen molar-refractivity contribution in [3.8, 4) is 5.75 Å². The van der Waals surface area contributed by atoms with Gasteiger partial charge < -0.3 is 15.4 Å². The van der Waals surface area contributed by atoms with Gasteiger partial charge in [-0.15, -0.1) is 0 Å². The van der Waals surface area contributed by atoms with Gasteiger partial charge in [-0.2, -0.15) is 0 Å². The van der Waals surface area contributed by atoms with E-state index in [4.69, 9.17) is 4.74 Å². The summed E-state index contributed by atoms with van der Waals surface area (Å²) in [6.45, 7) is 1.22. The summed E-state index contributed by atoms with van der Waals surface area (Å²) in [6.07, 6.45) is 0. The van der Waals surface area contributed by atoms with Crippen molar-refractivity contribution in [3.63, 3.8) is 0 Å². The number of amides is 3. The summed E-state index contributed by atoms with van der Waals surface area (Å²) in [5.41, 5.74) is 1.46. The second-order valence-corrected chi connectivity index (χ2v) is 6.14. The number of halogens is 1. The number of carbonyl (C=O) groups is 2. The van der Waals surface area contributed by atoms with E-state index in [1.54, 1.807) is 41.3 Å². The highest BCUT2D eigenvalue weighted by atomic mass is 79.9. The molecule has 0 radical (unpaired) electrons. The van der Waals surface area contributed by atoms with Gasteiger partial charge in [-0.3, -0.25) is 9.69 Å². The molecule has 0 saturated carbocycles. The highest BCUT2D eigenvalue weighted by molar-refractivity contribution is 9.10. The highest BCUT2D eigenvalue weighted by Gasteiger charge is 2.20. The lowest BCUT2D eigenvalue weighted by atomic mass is 10.2. The molecule has 1 aliphatic rings. The number of nitrogens with one attached hydrogen (secondary N) is 2. The van der Waals surface area contributed by atoms with Crippen LogP contribution in [0.1, 0.15) is 0 Å². The van der Waals surface area contributed by atoms with Gasteiger partial charge in [0.05, 0.1) is 0 Å². The Morgan fingerprint density at radius 3 is 2.50 bits per heavy atom. The molecule has 3 rings (SSSR count). The second-order valence-electron chi connectivity index (χ2n) is 5.22. The molecule has 7 heteroatoms. The first-order valence-corrected chi connectivity index (χ1v) is 8.25. The Morgan fingerprint density at radius 2 is 1.88 bits per heavy atom. The van der Waals surface area contributed by atoms with Gasteiger partial charge in [-0.25, -0.2) is 4.79 Å². The van der Waals surface area contributed by atoms with Crippen molar-refractivity contribution in [1.82, 2.24) is 5.32 Å². The van der Waals surface area contributed by atoms with Crippen LogP contribution in [0.3, 0.4) is 0 Å². The lowest BCUT2D eigenvalue weighted by molar-refractivity contribution is -0.118. The standard InChI is InChI=1S/C17H16BrN3O3/c18-12-1-7-15(8-2-12)24-11-16(22)20-13-3-5-14(6-4-13)21-10-9-19-17(21)23/h1-8H,9-11H2,(H,19,23)(H,20,22). The van der Waals surface area contributed by atoms with E-state index in [-0.39, 0.29) is 18.5 Å². The van der Waals surface area contributed by atoms with Crippen LogP contribution in [-0.4, -0.2) is 31.6 Å². The zero-order chi connectivity index (χ0) is 16.9. The van der Waals surface area contributed by atoms with Crippen LogP contribution in [0.15, 0.2) is 53.0 Å². The molecule has 1 aliphatic heterocycles. The minimum atomic E-state index is -0.246. The van der Waals surface area contributed by atoms with Crippen LogP contribution in [0.2, 0.25) is 0 Å². The number of carbonyl (C=O) groups excluding carboxylic acids is 2.